The van der Waals surface area contributed by atoms with Crippen LogP contribution in [0.5, 0.6) is 0 Å². The summed E-state index contributed by atoms with van der Waals surface area (Å²) in [5.74, 6) is 0.905. The first kappa shape index (κ1) is 16.3. The largest absolute Gasteiger partial charge is 0.352 e. The number of piperidine rings is 1. The third kappa shape index (κ3) is 5.33. The summed E-state index contributed by atoms with van der Waals surface area (Å²) in [6.07, 6.45) is 3.98. The summed E-state index contributed by atoms with van der Waals surface area (Å²) < 4.78 is 0. The minimum atomic E-state index is -0.00698. The zero-order chi connectivity index (χ0) is 15.1. The molecule has 1 unspecified atom stereocenters. The van der Waals surface area contributed by atoms with Crippen LogP contribution in [0.25, 0.3) is 0 Å². The number of carbonyl (C=O) groups excluding carboxylic acids is 1. The van der Waals surface area contributed by atoms with E-state index in [-0.39, 0.29) is 5.91 Å². The highest BCUT2D eigenvalue weighted by Gasteiger charge is 2.14. The minimum Gasteiger partial charge on any atom is -0.352 e. The summed E-state index contributed by atoms with van der Waals surface area (Å²) in [6, 6.07) is 7.50. The molecule has 3 nitrogen and oxygen atoms in total. The quantitative estimate of drug-likeness (QED) is 0.818. The molecule has 116 valence electrons. The number of nitrogens with one attached hydrogen (secondary N) is 1. The fourth-order valence-electron chi connectivity index (χ4n) is 2.81. The van der Waals surface area contributed by atoms with Gasteiger partial charge in [-0.25, -0.2) is 0 Å². The van der Waals surface area contributed by atoms with Crippen molar-refractivity contribution >= 4 is 17.5 Å². The number of rotatable bonds is 6. The van der Waals surface area contributed by atoms with Crippen molar-refractivity contribution in [2.75, 3.05) is 26.2 Å². The number of amides is 1. The second-order valence-electron chi connectivity index (χ2n) is 6.01. The van der Waals surface area contributed by atoms with Crippen LogP contribution in [0, 0.1) is 5.92 Å². The molecule has 1 N–H and O–H groups in total. The monoisotopic (exact) mass is 308 g/mol. The van der Waals surface area contributed by atoms with Crippen LogP contribution in [0.4, 0.5) is 0 Å². The van der Waals surface area contributed by atoms with Crippen LogP contribution in [0.1, 0.15) is 42.1 Å². The van der Waals surface area contributed by atoms with Gasteiger partial charge >= 0.3 is 0 Å². The van der Waals surface area contributed by atoms with E-state index in [1.165, 1.54) is 32.4 Å². The van der Waals surface area contributed by atoms with Gasteiger partial charge in [-0.1, -0.05) is 25.5 Å². The van der Waals surface area contributed by atoms with E-state index in [9.17, 15) is 4.79 Å². The predicted octanol–water partition coefficient (Wildman–Crippen LogP) is 3.28. The third-order valence-corrected chi connectivity index (χ3v) is 4.28. The molecule has 1 aromatic rings. The first-order chi connectivity index (χ1) is 10.2. The van der Waals surface area contributed by atoms with Gasteiger partial charge in [-0.2, -0.15) is 0 Å². The normalized spacial score (nSPS) is 17.4. The standard InChI is InChI=1S/C17H25ClN2O/c1-14(13-20-8-3-2-4-9-20)12-19-17(21)16-7-5-6-15(10-16)11-18/h5-7,10,14H,2-4,8-9,11-13H2,1H3,(H,19,21). The smallest absolute Gasteiger partial charge is 0.251 e. The average molecular weight is 309 g/mol. The molecule has 21 heavy (non-hydrogen) atoms. The number of nitrogens with zero attached hydrogens (tertiary/aromatic N) is 1. The van der Waals surface area contributed by atoms with E-state index >= 15 is 0 Å². The highest BCUT2D eigenvalue weighted by Crippen LogP contribution is 2.11. The van der Waals surface area contributed by atoms with Crippen molar-refractivity contribution in [2.24, 2.45) is 5.92 Å². The molecular weight excluding hydrogens is 284 g/mol. The first-order valence-corrected chi connectivity index (χ1v) is 8.38. The number of carbonyl (C=O) groups is 1. The predicted molar refractivity (Wildman–Crippen MR) is 87.8 cm³/mol. The second kappa shape index (κ2) is 8.40. The van der Waals surface area contributed by atoms with Crippen LogP contribution in [0.3, 0.4) is 0 Å². The summed E-state index contributed by atoms with van der Waals surface area (Å²) >= 11 is 5.80. The maximum absolute atomic E-state index is 12.1. The van der Waals surface area contributed by atoms with Crippen molar-refractivity contribution < 1.29 is 4.79 Å². The van der Waals surface area contributed by atoms with Crippen LogP contribution in [0.2, 0.25) is 0 Å². The van der Waals surface area contributed by atoms with E-state index in [0.717, 1.165) is 18.7 Å². The molecule has 1 fully saturated rings. The van der Waals surface area contributed by atoms with Crippen molar-refractivity contribution in [3.05, 3.63) is 35.4 Å². The van der Waals surface area contributed by atoms with Gasteiger partial charge in [0.2, 0.25) is 0 Å². The van der Waals surface area contributed by atoms with E-state index in [0.29, 0.717) is 17.4 Å². The Morgan fingerprint density at radius 3 is 2.81 bits per heavy atom. The van der Waals surface area contributed by atoms with Crippen LogP contribution >= 0.6 is 11.6 Å². The Kier molecular flexibility index (Phi) is 6.52. The Labute approximate surface area is 132 Å². The number of benzene rings is 1. The van der Waals surface area contributed by atoms with Gasteiger partial charge in [0.1, 0.15) is 0 Å². The maximum atomic E-state index is 12.1. The number of hydrogen-bond acceptors (Lipinski definition) is 2. The summed E-state index contributed by atoms with van der Waals surface area (Å²) in [7, 11) is 0. The minimum absolute atomic E-state index is 0.00698. The number of halogens is 1. The number of hydrogen-bond donors (Lipinski definition) is 1. The van der Waals surface area contributed by atoms with Crippen molar-refractivity contribution in [1.82, 2.24) is 10.2 Å². The van der Waals surface area contributed by atoms with E-state index in [1.54, 1.807) is 0 Å². The molecule has 1 heterocycles. The van der Waals surface area contributed by atoms with Crippen molar-refractivity contribution in [3.63, 3.8) is 0 Å². The van der Waals surface area contributed by atoms with E-state index in [1.807, 2.05) is 24.3 Å². The number of alkyl halides is 1. The van der Waals surface area contributed by atoms with Gasteiger partial charge in [0, 0.05) is 24.5 Å². The molecule has 1 saturated heterocycles. The molecule has 0 saturated carbocycles. The molecule has 1 aromatic carbocycles. The Bertz CT molecular complexity index is 458. The molecular formula is C17H25ClN2O. The molecule has 2 rings (SSSR count). The Hall–Kier alpha value is -1.06. The van der Waals surface area contributed by atoms with Crippen LogP contribution in [-0.4, -0.2) is 37.0 Å². The Morgan fingerprint density at radius 1 is 1.33 bits per heavy atom. The van der Waals surface area contributed by atoms with Crippen LogP contribution in [-0.2, 0) is 5.88 Å². The molecule has 4 heteroatoms. The molecule has 0 bridgehead atoms. The molecule has 0 aliphatic carbocycles. The lowest BCUT2D eigenvalue weighted by molar-refractivity contribution is 0.0942. The van der Waals surface area contributed by atoms with Crippen molar-refractivity contribution in [3.8, 4) is 0 Å². The number of likely N-dealkylation sites (tertiary alicyclic amines) is 1. The molecule has 1 atom stereocenters. The zero-order valence-corrected chi connectivity index (χ0v) is 13.5. The first-order valence-electron chi connectivity index (χ1n) is 7.84. The van der Waals surface area contributed by atoms with Gasteiger partial charge in [0.15, 0.2) is 0 Å². The van der Waals surface area contributed by atoms with Gasteiger partial charge in [-0.05, 0) is 49.5 Å². The summed E-state index contributed by atoms with van der Waals surface area (Å²) in [6.45, 7) is 6.40. The summed E-state index contributed by atoms with van der Waals surface area (Å²) in [4.78, 5) is 14.7. The summed E-state index contributed by atoms with van der Waals surface area (Å²) in [5, 5.41) is 3.03. The Balaban J connectivity index is 1.77. The van der Waals surface area contributed by atoms with E-state index < -0.39 is 0 Å². The fourth-order valence-corrected chi connectivity index (χ4v) is 2.98. The van der Waals surface area contributed by atoms with Gasteiger partial charge in [0.05, 0.1) is 0 Å². The molecule has 1 aliphatic rings. The maximum Gasteiger partial charge on any atom is 0.251 e. The Morgan fingerprint density at radius 2 is 2.10 bits per heavy atom. The molecule has 1 aliphatic heterocycles. The van der Waals surface area contributed by atoms with Gasteiger partial charge in [-0.15, -0.1) is 11.6 Å². The van der Waals surface area contributed by atoms with Gasteiger partial charge in [0.25, 0.3) is 5.91 Å². The molecule has 0 aromatic heterocycles. The lowest BCUT2D eigenvalue weighted by Gasteiger charge is -2.29. The molecule has 1 amide bonds. The second-order valence-corrected chi connectivity index (χ2v) is 6.28. The lowest BCUT2D eigenvalue weighted by atomic mass is 10.1. The van der Waals surface area contributed by atoms with Crippen molar-refractivity contribution in [1.29, 1.82) is 0 Å². The van der Waals surface area contributed by atoms with Crippen LogP contribution in [0.15, 0.2) is 24.3 Å². The topological polar surface area (TPSA) is 32.3 Å². The highest BCUT2D eigenvalue weighted by molar-refractivity contribution is 6.17. The van der Waals surface area contributed by atoms with Gasteiger partial charge in [-0.3, -0.25) is 4.79 Å². The SMILES string of the molecule is CC(CNC(=O)c1cccc(CCl)c1)CN1CCCCC1. The third-order valence-electron chi connectivity index (χ3n) is 3.97. The van der Waals surface area contributed by atoms with E-state index in [4.69, 9.17) is 11.6 Å². The fraction of sp³-hybridized carbons (Fsp3) is 0.588. The average Bonchev–Trinajstić information content (AvgIpc) is 2.53. The van der Waals surface area contributed by atoms with E-state index in [2.05, 4.69) is 17.1 Å². The molecule has 0 radical (unpaired) electrons. The van der Waals surface area contributed by atoms with Crippen molar-refractivity contribution in [2.45, 2.75) is 32.1 Å². The summed E-state index contributed by atoms with van der Waals surface area (Å²) in [5.41, 5.74) is 1.67. The zero-order valence-electron chi connectivity index (χ0n) is 12.8. The van der Waals surface area contributed by atoms with Gasteiger partial charge < -0.3 is 10.2 Å². The lowest BCUT2D eigenvalue weighted by Crippen LogP contribution is -2.38. The highest BCUT2D eigenvalue weighted by atomic mass is 35.5. The van der Waals surface area contributed by atoms with Crippen LogP contribution < -0.4 is 5.32 Å². The molecule has 0 spiro atoms.